The molecule has 0 saturated heterocycles. The Labute approximate surface area is 210 Å². The number of halogens is 2. The van der Waals surface area contributed by atoms with Crippen molar-refractivity contribution in [1.29, 1.82) is 0 Å². The number of aromatic nitrogens is 3. The maximum atomic E-state index is 15.7. The van der Waals surface area contributed by atoms with Crippen LogP contribution in [-0.4, -0.2) is 20.5 Å². The predicted molar refractivity (Wildman–Crippen MR) is 135 cm³/mol. The first-order chi connectivity index (χ1) is 18.0. The van der Waals surface area contributed by atoms with Crippen molar-refractivity contribution in [1.82, 2.24) is 14.5 Å². The Morgan fingerprint density at radius 3 is 2.46 bits per heavy atom. The number of aryl methyl sites for hydroxylation is 1. The standard InChI is InChI=1S/C29H19F2N5O/c1-16-4-6-17(7-5-16)19-14-22-25(23(30)15-19)37-24-9-8-18(20-3-2-10-33-26(20)31)13-21(24)29(22)27-34-11-12-36(27)28(32)35-29/h2-15H,1H3,(H2,32,35). The molecular formula is C29H19F2N5O. The van der Waals surface area contributed by atoms with Crippen molar-refractivity contribution >= 4 is 5.96 Å². The van der Waals surface area contributed by atoms with Crippen molar-refractivity contribution in [3.63, 3.8) is 0 Å². The van der Waals surface area contributed by atoms with E-state index in [1.807, 2.05) is 37.3 Å². The molecule has 3 aromatic carbocycles. The number of nitrogens with zero attached hydrogens (tertiary/aromatic N) is 4. The second kappa shape index (κ2) is 7.57. The van der Waals surface area contributed by atoms with Gasteiger partial charge in [0, 0.05) is 35.3 Å². The van der Waals surface area contributed by atoms with Gasteiger partial charge >= 0.3 is 0 Å². The van der Waals surface area contributed by atoms with E-state index < -0.39 is 17.3 Å². The van der Waals surface area contributed by atoms with Crippen molar-refractivity contribution in [2.75, 3.05) is 0 Å². The van der Waals surface area contributed by atoms with E-state index >= 15 is 4.39 Å². The highest BCUT2D eigenvalue weighted by Crippen LogP contribution is 2.55. The minimum Gasteiger partial charge on any atom is -0.453 e. The van der Waals surface area contributed by atoms with Gasteiger partial charge in [0.15, 0.2) is 22.9 Å². The number of fused-ring (bicyclic) bond motifs is 6. The van der Waals surface area contributed by atoms with Crippen LogP contribution in [0, 0.1) is 18.7 Å². The van der Waals surface area contributed by atoms with Crippen LogP contribution in [0.25, 0.3) is 22.3 Å². The maximum absolute atomic E-state index is 15.7. The van der Waals surface area contributed by atoms with E-state index in [4.69, 9.17) is 15.5 Å². The third-order valence-corrected chi connectivity index (χ3v) is 6.96. The summed E-state index contributed by atoms with van der Waals surface area (Å²) in [6.45, 7) is 2.00. The SMILES string of the molecule is Cc1ccc(-c2cc(F)c3c(c2)C2(N=C(N)n4ccnc42)c2cc(-c4cccnc4F)ccc2O3)cc1. The zero-order chi connectivity index (χ0) is 25.3. The third kappa shape index (κ3) is 2.99. The monoisotopic (exact) mass is 491 g/mol. The lowest BCUT2D eigenvalue weighted by molar-refractivity contribution is 0.392. The van der Waals surface area contributed by atoms with Crippen molar-refractivity contribution in [2.24, 2.45) is 10.7 Å². The van der Waals surface area contributed by atoms with Gasteiger partial charge in [0.1, 0.15) is 5.75 Å². The minimum absolute atomic E-state index is 0.0525. The highest BCUT2D eigenvalue weighted by molar-refractivity contribution is 5.88. The lowest BCUT2D eigenvalue weighted by atomic mass is 9.78. The minimum atomic E-state index is -1.30. The zero-order valence-electron chi connectivity index (χ0n) is 19.6. The van der Waals surface area contributed by atoms with Gasteiger partial charge in [-0.15, -0.1) is 0 Å². The summed E-state index contributed by atoms with van der Waals surface area (Å²) in [4.78, 5) is 13.2. The lowest BCUT2D eigenvalue weighted by Gasteiger charge is -2.34. The van der Waals surface area contributed by atoms with Crippen LogP contribution in [0.2, 0.25) is 0 Å². The molecule has 0 amide bonds. The Kier molecular flexibility index (Phi) is 4.39. The average molecular weight is 492 g/mol. The molecule has 2 aliphatic heterocycles. The first-order valence-corrected chi connectivity index (χ1v) is 11.7. The highest BCUT2D eigenvalue weighted by Gasteiger charge is 2.51. The van der Waals surface area contributed by atoms with Crippen molar-refractivity contribution in [3.8, 4) is 33.8 Å². The highest BCUT2D eigenvalue weighted by atomic mass is 19.1. The third-order valence-electron chi connectivity index (χ3n) is 6.96. The molecule has 7 rings (SSSR count). The Balaban J connectivity index is 1.53. The molecule has 8 heteroatoms. The van der Waals surface area contributed by atoms with Gasteiger partial charge < -0.3 is 10.5 Å². The Bertz CT molecular complexity index is 1760. The summed E-state index contributed by atoms with van der Waals surface area (Å²) in [5, 5.41) is 0. The second-order valence-electron chi connectivity index (χ2n) is 9.16. The van der Waals surface area contributed by atoms with Gasteiger partial charge in [0.05, 0.1) is 0 Å². The van der Waals surface area contributed by atoms with Crippen LogP contribution >= 0.6 is 0 Å². The van der Waals surface area contributed by atoms with Crippen LogP contribution in [0.1, 0.15) is 22.5 Å². The normalized spacial score (nSPS) is 17.1. The molecule has 4 heterocycles. The van der Waals surface area contributed by atoms with Crippen LogP contribution in [0.4, 0.5) is 8.78 Å². The van der Waals surface area contributed by atoms with Crippen molar-refractivity contribution < 1.29 is 13.5 Å². The molecule has 2 N–H and O–H groups in total. The molecule has 37 heavy (non-hydrogen) atoms. The number of rotatable bonds is 2. The van der Waals surface area contributed by atoms with Crippen LogP contribution in [-0.2, 0) is 5.54 Å². The van der Waals surface area contributed by atoms with E-state index in [-0.39, 0.29) is 11.7 Å². The fraction of sp³-hybridized carbons (Fsp3) is 0.0690. The topological polar surface area (TPSA) is 78.3 Å². The van der Waals surface area contributed by atoms with E-state index in [9.17, 15) is 4.39 Å². The number of benzene rings is 3. The molecule has 0 bridgehead atoms. The molecule has 6 nitrogen and oxygen atoms in total. The first-order valence-electron chi connectivity index (χ1n) is 11.7. The van der Waals surface area contributed by atoms with E-state index in [0.717, 1.165) is 11.1 Å². The largest absolute Gasteiger partial charge is 0.453 e. The zero-order valence-corrected chi connectivity index (χ0v) is 19.6. The fourth-order valence-electron chi connectivity index (χ4n) is 5.20. The van der Waals surface area contributed by atoms with E-state index in [0.29, 0.717) is 39.4 Å². The number of hydrogen-bond acceptors (Lipinski definition) is 5. The quantitative estimate of drug-likeness (QED) is 0.318. The Hall–Kier alpha value is -4.85. The van der Waals surface area contributed by atoms with Crippen molar-refractivity contribution in [2.45, 2.75) is 12.5 Å². The van der Waals surface area contributed by atoms with Gasteiger partial charge in [-0.3, -0.25) is 4.57 Å². The summed E-state index contributed by atoms with van der Waals surface area (Å²) in [6, 6.07) is 19.7. The molecule has 0 radical (unpaired) electrons. The Morgan fingerprint density at radius 2 is 1.65 bits per heavy atom. The van der Waals surface area contributed by atoms with Gasteiger partial charge in [0.2, 0.25) is 11.9 Å². The van der Waals surface area contributed by atoms with E-state index in [1.165, 1.54) is 12.3 Å². The lowest BCUT2D eigenvalue weighted by Crippen LogP contribution is -2.31. The number of nitrogens with two attached hydrogens (primary N) is 1. The fourth-order valence-corrected chi connectivity index (χ4v) is 5.20. The van der Waals surface area contributed by atoms with Crippen LogP contribution in [0.15, 0.2) is 90.3 Å². The molecule has 180 valence electrons. The molecule has 1 spiro atoms. The van der Waals surface area contributed by atoms with Crippen LogP contribution in [0.5, 0.6) is 11.5 Å². The smallest absolute Gasteiger partial charge is 0.220 e. The van der Waals surface area contributed by atoms with Gasteiger partial charge in [-0.1, -0.05) is 35.9 Å². The molecule has 1 unspecified atom stereocenters. The number of aliphatic imine (C=N–C) groups is 1. The first kappa shape index (κ1) is 21.4. The molecule has 2 aliphatic rings. The molecule has 5 aromatic rings. The number of hydrogen-bond donors (Lipinski definition) is 1. The number of pyridine rings is 1. The summed E-state index contributed by atoms with van der Waals surface area (Å²) < 4.78 is 38.2. The van der Waals surface area contributed by atoms with E-state index in [1.54, 1.807) is 47.3 Å². The molecule has 0 saturated carbocycles. The molecule has 1 atom stereocenters. The van der Waals surface area contributed by atoms with Gasteiger partial charge in [-0.05, 0) is 60.0 Å². The molecule has 2 aromatic heterocycles. The predicted octanol–water partition coefficient (Wildman–Crippen LogP) is 5.77. The summed E-state index contributed by atoms with van der Waals surface area (Å²) in [7, 11) is 0. The summed E-state index contributed by atoms with van der Waals surface area (Å²) in [6.07, 6.45) is 4.73. The van der Waals surface area contributed by atoms with Crippen molar-refractivity contribution in [3.05, 3.63) is 120 Å². The molecule has 0 fully saturated rings. The maximum Gasteiger partial charge on any atom is 0.220 e. The van der Waals surface area contributed by atoms with Gasteiger partial charge in [0.25, 0.3) is 0 Å². The van der Waals surface area contributed by atoms with E-state index in [2.05, 4.69) is 9.97 Å². The molecular weight excluding hydrogens is 472 g/mol. The summed E-state index contributed by atoms with van der Waals surface area (Å²) >= 11 is 0. The summed E-state index contributed by atoms with van der Waals surface area (Å²) in [5.74, 6) is 0.0224. The Morgan fingerprint density at radius 1 is 0.865 bits per heavy atom. The van der Waals surface area contributed by atoms with Crippen LogP contribution < -0.4 is 10.5 Å². The number of imidazole rings is 1. The summed E-state index contributed by atoms with van der Waals surface area (Å²) in [5.41, 5.74) is 9.60. The van der Waals surface area contributed by atoms with Gasteiger partial charge in [-0.25, -0.2) is 19.4 Å². The van der Waals surface area contributed by atoms with Crippen LogP contribution in [0.3, 0.4) is 0 Å². The second-order valence-corrected chi connectivity index (χ2v) is 9.16. The molecule has 0 aliphatic carbocycles. The number of ether oxygens (including phenoxy) is 1. The van der Waals surface area contributed by atoms with Gasteiger partial charge in [-0.2, -0.15) is 4.39 Å². The average Bonchev–Trinajstić information content (AvgIpc) is 3.49.